The molecule has 0 bridgehead atoms. The largest absolute Gasteiger partial charge is 0.379 e. The number of hydrogen-bond donors (Lipinski definition) is 1. The molecule has 178 valence electrons. The molecule has 0 spiro atoms. The van der Waals surface area contributed by atoms with Crippen molar-refractivity contribution in [2.24, 2.45) is 0 Å². The van der Waals surface area contributed by atoms with Gasteiger partial charge in [0.2, 0.25) is 15.9 Å². The van der Waals surface area contributed by atoms with Crippen LogP contribution in [-0.4, -0.2) is 54.7 Å². The number of carbonyl (C=O) groups excluding carboxylic acids is 1. The summed E-state index contributed by atoms with van der Waals surface area (Å²) >= 11 is 0. The van der Waals surface area contributed by atoms with Crippen molar-refractivity contribution >= 4 is 27.8 Å². The Kier molecular flexibility index (Phi) is 6.97. The van der Waals surface area contributed by atoms with Crippen molar-refractivity contribution in [3.63, 3.8) is 0 Å². The Hall–Kier alpha value is -3.27. The van der Waals surface area contributed by atoms with Gasteiger partial charge in [-0.15, -0.1) is 0 Å². The molecule has 2 heterocycles. The van der Waals surface area contributed by atoms with E-state index < -0.39 is 10.0 Å². The third-order valence-corrected chi connectivity index (χ3v) is 7.36. The van der Waals surface area contributed by atoms with Crippen LogP contribution in [0.4, 0.5) is 5.82 Å². The van der Waals surface area contributed by atoms with Crippen molar-refractivity contribution in [1.82, 2.24) is 14.1 Å². The predicted molar refractivity (Wildman–Crippen MR) is 131 cm³/mol. The zero-order chi connectivity index (χ0) is 24.3. The quantitative estimate of drug-likeness (QED) is 0.546. The second-order valence-electron chi connectivity index (χ2n) is 8.34. The fraction of sp³-hybridized carbons (Fsp3) is 0.280. The topological polar surface area (TPSA) is 93.5 Å². The number of hydrogen-bond acceptors (Lipinski definition) is 5. The molecule has 1 fully saturated rings. The molecule has 1 aliphatic rings. The summed E-state index contributed by atoms with van der Waals surface area (Å²) in [5, 5.41) is 7.39. The molecule has 0 radical (unpaired) electrons. The summed E-state index contributed by atoms with van der Waals surface area (Å²) in [6, 6.07) is 14.4. The lowest BCUT2D eigenvalue weighted by Gasteiger charge is -2.26. The lowest BCUT2D eigenvalue weighted by Crippen LogP contribution is -2.40. The van der Waals surface area contributed by atoms with Gasteiger partial charge in [0.15, 0.2) is 0 Å². The predicted octanol–water partition coefficient (Wildman–Crippen LogP) is 3.47. The van der Waals surface area contributed by atoms with Crippen LogP contribution in [0.3, 0.4) is 0 Å². The highest BCUT2D eigenvalue weighted by atomic mass is 32.2. The summed E-state index contributed by atoms with van der Waals surface area (Å²) in [6.07, 6.45) is 3.06. The number of anilines is 1. The smallest absolute Gasteiger partial charge is 0.249 e. The first-order chi connectivity index (χ1) is 16.2. The van der Waals surface area contributed by atoms with Gasteiger partial charge in [0, 0.05) is 25.2 Å². The van der Waals surface area contributed by atoms with Crippen LogP contribution in [0.15, 0.2) is 59.5 Å². The normalized spacial score (nSPS) is 15.0. The first-order valence-electron chi connectivity index (χ1n) is 11.0. The van der Waals surface area contributed by atoms with Crippen molar-refractivity contribution in [2.75, 3.05) is 31.6 Å². The summed E-state index contributed by atoms with van der Waals surface area (Å²) in [5.74, 6) is 0.264. The Bertz CT molecular complexity index is 1300. The van der Waals surface area contributed by atoms with E-state index in [1.807, 2.05) is 39.0 Å². The molecular weight excluding hydrogens is 452 g/mol. The number of carbonyl (C=O) groups is 1. The lowest BCUT2D eigenvalue weighted by molar-refractivity contribution is -0.111. The maximum atomic E-state index is 12.7. The Morgan fingerprint density at radius 3 is 2.29 bits per heavy atom. The van der Waals surface area contributed by atoms with Crippen LogP contribution >= 0.6 is 0 Å². The summed E-state index contributed by atoms with van der Waals surface area (Å²) in [6.45, 7) is 7.41. The molecule has 4 rings (SSSR count). The van der Waals surface area contributed by atoms with E-state index in [0.717, 1.165) is 28.1 Å². The number of nitrogens with zero attached hydrogens (tertiary/aromatic N) is 3. The molecule has 0 atom stereocenters. The zero-order valence-electron chi connectivity index (χ0n) is 19.5. The van der Waals surface area contributed by atoms with Gasteiger partial charge >= 0.3 is 0 Å². The van der Waals surface area contributed by atoms with Crippen molar-refractivity contribution < 1.29 is 17.9 Å². The second kappa shape index (κ2) is 9.92. The number of benzene rings is 2. The highest BCUT2D eigenvalue weighted by Gasteiger charge is 2.26. The summed E-state index contributed by atoms with van der Waals surface area (Å²) < 4.78 is 33.9. The maximum absolute atomic E-state index is 12.7. The van der Waals surface area contributed by atoms with E-state index in [2.05, 4.69) is 16.5 Å². The Morgan fingerprint density at radius 1 is 1.00 bits per heavy atom. The molecule has 1 aliphatic heterocycles. The lowest BCUT2D eigenvalue weighted by atomic mass is 10.1. The first-order valence-corrected chi connectivity index (χ1v) is 12.5. The van der Waals surface area contributed by atoms with Gasteiger partial charge in [-0.25, -0.2) is 13.1 Å². The number of sulfonamides is 1. The first kappa shape index (κ1) is 23.9. The molecule has 34 heavy (non-hydrogen) atoms. The molecule has 8 nitrogen and oxygen atoms in total. The average Bonchev–Trinajstić information content (AvgIpc) is 3.18. The van der Waals surface area contributed by atoms with Gasteiger partial charge in [-0.05, 0) is 67.8 Å². The van der Waals surface area contributed by atoms with E-state index in [1.165, 1.54) is 10.4 Å². The number of amides is 1. The van der Waals surface area contributed by atoms with Crippen LogP contribution < -0.4 is 5.32 Å². The number of ether oxygens (including phenoxy) is 1. The third kappa shape index (κ3) is 5.44. The fourth-order valence-corrected chi connectivity index (χ4v) is 5.29. The van der Waals surface area contributed by atoms with Crippen molar-refractivity contribution in [3.8, 4) is 5.69 Å². The second-order valence-corrected chi connectivity index (χ2v) is 10.3. The van der Waals surface area contributed by atoms with Crippen molar-refractivity contribution in [1.29, 1.82) is 0 Å². The van der Waals surface area contributed by atoms with Crippen molar-refractivity contribution in [2.45, 2.75) is 25.7 Å². The maximum Gasteiger partial charge on any atom is 0.249 e. The number of morpholine rings is 1. The van der Waals surface area contributed by atoms with Gasteiger partial charge in [0.05, 0.1) is 29.5 Å². The third-order valence-electron chi connectivity index (χ3n) is 5.45. The molecule has 0 aliphatic carbocycles. The standard InChI is InChI=1S/C25H28N4O4S/c1-18-14-19(2)16-22(15-18)29-24(17-20(3)27-29)26-25(30)9-6-21-4-7-23(8-5-21)34(31,32)28-10-12-33-13-11-28/h4-9,14-17H,10-13H2,1-3H3,(H,26,30)/b9-6+. The van der Waals surface area contributed by atoms with Gasteiger partial charge in [0.25, 0.3) is 0 Å². The number of rotatable bonds is 6. The van der Waals surface area contributed by atoms with Gasteiger partial charge < -0.3 is 10.1 Å². The summed E-state index contributed by atoms with van der Waals surface area (Å²) in [7, 11) is -3.55. The van der Waals surface area contributed by atoms with Gasteiger partial charge in [0.1, 0.15) is 5.82 Å². The van der Waals surface area contributed by atoms with Crippen LogP contribution in [0, 0.1) is 20.8 Å². The zero-order valence-corrected chi connectivity index (χ0v) is 20.3. The SMILES string of the molecule is Cc1cc(C)cc(-n2nc(C)cc2NC(=O)/C=C/c2ccc(S(=O)(=O)N3CCOCC3)cc2)c1. The monoisotopic (exact) mass is 480 g/mol. The van der Waals surface area contributed by atoms with Crippen molar-refractivity contribution in [3.05, 3.63) is 77.0 Å². The molecule has 9 heteroatoms. The van der Waals surface area contributed by atoms with E-state index in [9.17, 15) is 13.2 Å². The summed E-state index contributed by atoms with van der Waals surface area (Å²) in [4.78, 5) is 12.8. The van der Waals surface area contributed by atoms with E-state index in [1.54, 1.807) is 35.0 Å². The molecule has 0 unspecified atom stereocenters. The molecular formula is C25H28N4O4S. The number of nitrogens with one attached hydrogen (secondary N) is 1. The molecule has 1 aromatic heterocycles. The van der Waals surface area contributed by atoms with Gasteiger partial charge in [-0.3, -0.25) is 4.79 Å². The Balaban J connectivity index is 1.46. The molecule has 1 amide bonds. The highest BCUT2D eigenvalue weighted by Crippen LogP contribution is 2.21. The van der Waals surface area contributed by atoms with Crippen LogP contribution in [0.5, 0.6) is 0 Å². The van der Waals surface area contributed by atoms with E-state index >= 15 is 0 Å². The van der Waals surface area contributed by atoms with Gasteiger partial charge in [-0.1, -0.05) is 18.2 Å². The average molecular weight is 481 g/mol. The van der Waals surface area contributed by atoms with E-state index in [0.29, 0.717) is 32.1 Å². The number of aryl methyl sites for hydroxylation is 3. The van der Waals surface area contributed by atoms with E-state index in [-0.39, 0.29) is 10.8 Å². The molecule has 0 saturated carbocycles. The van der Waals surface area contributed by atoms with Crippen LogP contribution in [0.25, 0.3) is 11.8 Å². The Labute approximate surface area is 199 Å². The minimum Gasteiger partial charge on any atom is -0.379 e. The molecule has 1 saturated heterocycles. The van der Waals surface area contributed by atoms with Crippen LogP contribution in [-0.2, 0) is 19.6 Å². The van der Waals surface area contributed by atoms with Crippen LogP contribution in [0.2, 0.25) is 0 Å². The highest BCUT2D eigenvalue weighted by molar-refractivity contribution is 7.89. The minimum atomic E-state index is -3.55. The molecule has 3 aromatic rings. The Morgan fingerprint density at radius 2 is 1.65 bits per heavy atom. The fourth-order valence-electron chi connectivity index (χ4n) is 3.88. The molecule has 1 N–H and O–H groups in total. The van der Waals surface area contributed by atoms with Crippen LogP contribution in [0.1, 0.15) is 22.4 Å². The number of aromatic nitrogens is 2. The summed E-state index contributed by atoms with van der Waals surface area (Å²) in [5.41, 5.74) is 4.60. The van der Waals surface area contributed by atoms with Gasteiger partial charge in [-0.2, -0.15) is 9.40 Å². The molecule has 2 aromatic carbocycles. The minimum absolute atomic E-state index is 0.226. The van der Waals surface area contributed by atoms with E-state index in [4.69, 9.17) is 4.74 Å².